The highest BCUT2D eigenvalue weighted by atomic mass is 19.4. The van der Waals surface area contributed by atoms with Crippen LogP contribution in [0.1, 0.15) is 17.5 Å². The molecule has 0 unspecified atom stereocenters. The monoisotopic (exact) mass is 485 g/mol. The predicted octanol–water partition coefficient (Wildman–Crippen LogP) is 5.16. The van der Waals surface area contributed by atoms with Gasteiger partial charge in [0.15, 0.2) is 0 Å². The van der Waals surface area contributed by atoms with Crippen LogP contribution in [0.2, 0.25) is 0 Å². The molecule has 1 aromatic heterocycles. The smallest absolute Gasteiger partial charge is 0.416 e. The van der Waals surface area contributed by atoms with Gasteiger partial charge in [0.2, 0.25) is 0 Å². The summed E-state index contributed by atoms with van der Waals surface area (Å²) in [6.07, 6.45) is -1.93. The molecule has 1 aliphatic heterocycles. The van der Waals surface area contributed by atoms with Gasteiger partial charge in [0.1, 0.15) is 11.6 Å². The zero-order valence-corrected chi connectivity index (χ0v) is 18.9. The highest BCUT2D eigenvalue weighted by Gasteiger charge is 2.30. The van der Waals surface area contributed by atoms with Crippen molar-refractivity contribution >= 4 is 23.2 Å². The summed E-state index contributed by atoms with van der Waals surface area (Å²) in [5.74, 6) is 1.10. The second-order valence-corrected chi connectivity index (χ2v) is 8.30. The van der Waals surface area contributed by atoms with Gasteiger partial charge in [-0.15, -0.1) is 0 Å². The van der Waals surface area contributed by atoms with Gasteiger partial charge in [-0.2, -0.15) is 13.2 Å². The highest BCUT2D eigenvalue weighted by molar-refractivity contribution is 5.99. The molecule has 2 amide bonds. The third-order valence-corrected chi connectivity index (χ3v) is 5.77. The van der Waals surface area contributed by atoms with E-state index in [0.29, 0.717) is 18.0 Å². The molecule has 1 saturated heterocycles. The van der Waals surface area contributed by atoms with Crippen molar-refractivity contribution in [3.8, 4) is 5.75 Å². The molecule has 0 spiro atoms. The zero-order chi connectivity index (χ0) is 24.8. The number of alkyl halides is 3. The fourth-order valence-electron chi connectivity index (χ4n) is 3.93. The number of phenolic OH excluding ortho intramolecular Hbond substituents is 1. The van der Waals surface area contributed by atoms with Gasteiger partial charge in [-0.3, -0.25) is 4.90 Å². The van der Waals surface area contributed by atoms with Crippen molar-refractivity contribution < 1.29 is 23.1 Å². The van der Waals surface area contributed by atoms with E-state index in [0.717, 1.165) is 56.1 Å². The van der Waals surface area contributed by atoms with Gasteiger partial charge in [-0.25, -0.2) is 9.78 Å². The Labute approximate surface area is 201 Å². The second kappa shape index (κ2) is 10.6. The number of benzene rings is 2. The Morgan fingerprint density at radius 1 is 0.914 bits per heavy atom. The number of carbonyl (C=O) groups excluding carboxylic acids is 1. The number of anilines is 3. The molecule has 10 heteroatoms. The minimum atomic E-state index is -4.43. The maximum absolute atomic E-state index is 12.7. The van der Waals surface area contributed by atoms with Crippen LogP contribution in [0, 0.1) is 0 Å². The summed E-state index contributed by atoms with van der Waals surface area (Å²) in [5.41, 5.74) is 0.842. The van der Waals surface area contributed by atoms with E-state index < -0.39 is 17.8 Å². The van der Waals surface area contributed by atoms with Crippen molar-refractivity contribution in [2.45, 2.75) is 19.1 Å². The SMILES string of the molecule is O=C(Nc1ccc(C(F)(F)F)cc1)Nc1ccc(N2CCCN(Cc3ccccc3O)CC2)nc1. The molecule has 3 N–H and O–H groups in total. The highest BCUT2D eigenvalue weighted by Crippen LogP contribution is 2.30. The van der Waals surface area contributed by atoms with Gasteiger partial charge >= 0.3 is 12.2 Å². The molecule has 7 nitrogen and oxygen atoms in total. The zero-order valence-electron chi connectivity index (χ0n) is 18.9. The summed E-state index contributed by atoms with van der Waals surface area (Å²) in [5, 5.41) is 15.2. The Kier molecular flexibility index (Phi) is 7.40. The van der Waals surface area contributed by atoms with Crippen molar-refractivity contribution in [1.82, 2.24) is 9.88 Å². The maximum Gasteiger partial charge on any atom is 0.416 e. The Morgan fingerprint density at radius 2 is 1.63 bits per heavy atom. The fourth-order valence-corrected chi connectivity index (χ4v) is 3.93. The minimum absolute atomic E-state index is 0.248. The first-order valence-corrected chi connectivity index (χ1v) is 11.2. The molecule has 184 valence electrons. The van der Waals surface area contributed by atoms with E-state index in [1.807, 2.05) is 24.3 Å². The van der Waals surface area contributed by atoms with Crippen molar-refractivity contribution in [3.63, 3.8) is 0 Å². The van der Waals surface area contributed by atoms with Crippen LogP contribution in [0.15, 0.2) is 66.9 Å². The Bertz CT molecular complexity index is 1140. The van der Waals surface area contributed by atoms with Gasteiger partial charge in [-0.1, -0.05) is 18.2 Å². The molecule has 0 saturated carbocycles. The molecule has 0 radical (unpaired) electrons. The lowest BCUT2D eigenvalue weighted by Crippen LogP contribution is -2.31. The quantitative estimate of drug-likeness (QED) is 0.465. The first-order valence-electron chi connectivity index (χ1n) is 11.2. The third kappa shape index (κ3) is 6.63. The van der Waals surface area contributed by atoms with E-state index in [-0.39, 0.29) is 5.69 Å². The van der Waals surface area contributed by atoms with Crippen LogP contribution < -0.4 is 15.5 Å². The average Bonchev–Trinajstić information content (AvgIpc) is 3.06. The summed E-state index contributed by atoms with van der Waals surface area (Å²) in [6.45, 7) is 4.04. The van der Waals surface area contributed by atoms with Gasteiger partial charge in [0, 0.05) is 44.0 Å². The first-order chi connectivity index (χ1) is 16.8. The van der Waals surface area contributed by atoms with E-state index in [4.69, 9.17) is 0 Å². The topological polar surface area (TPSA) is 80.7 Å². The van der Waals surface area contributed by atoms with E-state index in [2.05, 4.69) is 25.4 Å². The molecule has 4 rings (SSSR count). The minimum Gasteiger partial charge on any atom is -0.508 e. The molecule has 0 aliphatic carbocycles. The molecule has 1 aliphatic rings. The molecular formula is C25H26F3N5O2. The fraction of sp³-hybridized carbons (Fsp3) is 0.280. The molecule has 2 heterocycles. The lowest BCUT2D eigenvalue weighted by Gasteiger charge is -2.23. The van der Waals surface area contributed by atoms with E-state index in [1.165, 1.54) is 12.1 Å². The van der Waals surface area contributed by atoms with Crippen LogP contribution >= 0.6 is 0 Å². The number of nitrogens with zero attached hydrogens (tertiary/aromatic N) is 3. The van der Waals surface area contributed by atoms with Gasteiger partial charge < -0.3 is 20.6 Å². The van der Waals surface area contributed by atoms with Crippen LogP contribution in [-0.2, 0) is 12.7 Å². The molecule has 1 fully saturated rings. The average molecular weight is 486 g/mol. The van der Waals surface area contributed by atoms with Crippen LogP contribution in [-0.4, -0.2) is 47.2 Å². The molecule has 0 atom stereocenters. The molecule has 0 bridgehead atoms. The Balaban J connectivity index is 1.29. The summed E-state index contributed by atoms with van der Waals surface area (Å²) in [4.78, 5) is 21.1. The predicted molar refractivity (Wildman–Crippen MR) is 129 cm³/mol. The number of para-hydroxylation sites is 1. The standard InChI is InChI=1S/C25H26F3N5O2/c26-25(27,28)19-6-8-20(9-7-19)30-24(35)31-21-10-11-23(29-16-21)33-13-3-12-32(14-15-33)17-18-4-1-2-5-22(18)34/h1-2,4-11,16,34H,3,12-15,17H2,(H2,30,31,35). The van der Waals surface area contributed by atoms with Gasteiger partial charge in [-0.05, 0) is 48.9 Å². The van der Waals surface area contributed by atoms with E-state index >= 15 is 0 Å². The van der Waals surface area contributed by atoms with Crippen molar-refractivity contribution in [3.05, 3.63) is 78.0 Å². The number of amides is 2. The number of phenols is 1. The number of halogens is 3. The number of urea groups is 1. The van der Waals surface area contributed by atoms with Gasteiger partial charge in [0.05, 0.1) is 17.4 Å². The van der Waals surface area contributed by atoms with Crippen LogP contribution in [0.5, 0.6) is 5.75 Å². The number of hydrogen-bond donors (Lipinski definition) is 3. The first kappa shape index (κ1) is 24.3. The van der Waals surface area contributed by atoms with E-state index in [1.54, 1.807) is 18.3 Å². The van der Waals surface area contributed by atoms with Crippen molar-refractivity contribution in [2.24, 2.45) is 0 Å². The number of aromatic hydroxyl groups is 1. The molecule has 2 aromatic carbocycles. The number of nitrogens with one attached hydrogen (secondary N) is 2. The number of carbonyl (C=O) groups is 1. The Morgan fingerprint density at radius 3 is 2.31 bits per heavy atom. The van der Waals surface area contributed by atoms with E-state index in [9.17, 15) is 23.1 Å². The van der Waals surface area contributed by atoms with Crippen LogP contribution in [0.25, 0.3) is 0 Å². The Hall–Kier alpha value is -3.79. The van der Waals surface area contributed by atoms with Gasteiger partial charge in [0.25, 0.3) is 0 Å². The number of aromatic nitrogens is 1. The number of rotatable bonds is 5. The second-order valence-electron chi connectivity index (χ2n) is 8.30. The summed E-state index contributed by atoms with van der Waals surface area (Å²) >= 11 is 0. The van der Waals surface area contributed by atoms with Crippen LogP contribution in [0.3, 0.4) is 0 Å². The lowest BCUT2D eigenvalue weighted by molar-refractivity contribution is -0.137. The summed E-state index contributed by atoms with van der Waals surface area (Å²) < 4.78 is 38.0. The molecule has 35 heavy (non-hydrogen) atoms. The summed E-state index contributed by atoms with van der Waals surface area (Å²) in [7, 11) is 0. The largest absolute Gasteiger partial charge is 0.508 e. The third-order valence-electron chi connectivity index (χ3n) is 5.77. The number of pyridine rings is 1. The molecule has 3 aromatic rings. The lowest BCUT2D eigenvalue weighted by atomic mass is 10.2. The molecular weight excluding hydrogens is 459 g/mol. The van der Waals surface area contributed by atoms with Crippen molar-refractivity contribution in [1.29, 1.82) is 0 Å². The van der Waals surface area contributed by atoms with Crippen LogP contribution in [0.4, 0.5) is 35.2 Å². The number of hydrogen-bond acceptors (Lipinski definition) is 5. The summed E-state index contributed by atoms with van der Waals surface area (Å²) in [6, 6.07) is 14.6. The normalized spacial score (nSPS) is 14.9. The van der Waals surface area contributed by atoms with Crippen molar-refractivity contribution in [2.75, 3.05) is 41.7 Å². The maximum atomic E-state index is 12.7.